The quantitative estimate of drug-likeness (QED) is 0.605. The summed E-state index contributed by atoms with van der Waals surface area (Å²) < 4.78 is 1.76. The lowest BCUT2D eigenvalue weighted by molar-refractivity contribution is -0.125. The second-order valence-electron chi connectivity index (χ2n) is 8.02. The lowest BCUT2D eigenvalue weighted by Crippen LogP contribution is -2.31. The molecule has 2 aromatic rings. The summed E-state index contributed by atoms with van der Waals surface area (Å²) in [6.45, 7) is 0.859. The molecule has 0 radical (unpaired) electrons. The Bertz CT molecular complexity index is 967. The zero-order chi connectivity index (χ0) is 20.2. The maximum atomic E-state index is 12.5. The highest BCUT2D eigenvalue weighted by atomic mass is 16.2. The Kier molecular flexibility index (Phi) is 5.74. The Morgan fingerprint density at radius 3 is 2.93 bits per heavy atom. The molecule has 2 heterocycles. The average molecular weight is 393 g/mol. The van der Waals surface area contributed by atoms with Gasteiger partial charge in [-0.25, -0.2) is 4.52 Å². The van der Waals surface area contributed by atoms with Gasteiger partial charge in [0.15, 0.2) is 0 Å². The van der Waals surface area contributed by atoms with Crippen molar-refractivity contribution in [3.8, 4) is 0 Å². The summed E-state index contributed by atoms with van der Waals surface area (Å²) in [7, 11) is 1.90. The second kappa shape index (κ2) is 8.59. The van der Waals surface area contributed by atoms with Gasteiger partial charge >= 0.3 is 0 Å². The van der Waals surface area contributed by atoms with Crippen molar-refractivity contribution in [3.05, 3.63) is 48.2 Å². The third kappa shape index (κ3) is 4.39. The topological polar surface area (TPSA) is 88.9 Å². The SMILES string of the molecule is CN(CC1CCCC1)C(=O)/C=C1\CCC1N=CC(=CN)c1cn2nccc2cn1. The second-order valence-corrected chi connectivity index (χ2v) is 8.02. The molecule has 0 spiro atoms. The summed E-state index contributed by atoms with van der Waals surface area (Å²) >= 11 is 0. The Hall–Kier alpha value is -2.96. The Morgan fingerprint density at radius 2 is 2.21 bits per heavy atom. The van der Waals surface area contributed by atoms with Gasteiger partial charge in [0.1, 0.15) is 0 Å². The summed E-state index contributed by atoms with van der Waals surface area (Å²) in [6.07, 6.45) is 17.3. The molecule has 152 valence electrons. The third-order valence-electron chi connectivity index (χ3n) is 5.98. The number of hydrogen-bond donors (Lipinski definition) is 1. The average Bonchev–Trinajstić information content (AvgIpc) is 3.39. The van der Waals surface area contributed by atoms with Gasteiger partial charge in [0.05, 0.1) is 35.8 Å². The number of hydrogen-bond acceptors (Lipinski definition) is 5. The molecule has 1 atom stereocenters. The van der Waals surface area contributed by atoms with Crippen molar-refractivity contribution in [2.45, 2.75) is 44.6 Å². The number of amides is 1. The minimum Gasteiger partial charge on any atom is -0.404 e. The standard InChI is InChI=1S/C22H28N6O/c1-27(14-16-4-2-3-5-16)22(29)10-17-6-7-20(17)24-12-18(11-23)21-15-28-19(13-25-21)8-9-26-28/h8-13,15-16,20H,2-7,14,23H2,1H3/b17-10+,18-11?,24-12?. The highest BCUT2D eigenvalue weighted by Crippen LogP contribution is 2.30. The van der Waals surface area contributed by atoms with Gasteiger partial charge in [0, 0.05) is 37.7 Å². The van der Waals surface area contributed by atoms with Crippen LogP contribution in [-0.2, 0) is 4.79 Å². The van der Waals surface area contributed by atoms with Crippen LogP contribution in [0.3, 0.4) is 0 Å². The van der Waals surface area contributed by atoms with Crippen molar-refractivity contribution in [3.63, 3.8) is 0 Å². The molecule has 2 N–H and O–H groups in total. The van der Waals surface area contributed by atoms with Gasteiger partial charge < -0.3 is 10.6 Å². The Balaban J connectivity index is 1.39. The minimum atomic E-state index is 0.0437. The fourth-order valence-corrected chi connectivity index (χ4v) is 4.05. The third-order valence-corrected chi connectivity index (χ3v) is 5.98. The largest absolute Gasteiger partial charge is 0.404 e. The predicted octanol–water partition coefficient (Wildman–Crippen LogP) is 2.84. The molecule has 7 heteroatoms. The van der Waals surface area contributed by atoms with Crippen molar-refractivity contribution in [2.75, 3.05) is 13.6 Å². The molecular weight excluding hydrogens is 364 g/mol. The van der Waals surface area contributed by atoms with E-state index in [9.17, 15) is 4.79 Å². The first-order chi connectivity index (χ1) is 14.1. The van der Waals surface area contributed by atoms with Crippen LogP contribution in [0.15, 0.2) is 47.5 Å². The van der Waals surface area contributed by atoms with Crippen LogP contribution in [0.4, 0.5) is 0 Å². The van der Waals surface area contributed by atoms with Crippen LogP contribution in [0.1, 0.15) is 44.2 Å². The van der Waals surface area contributed by atoms with Gasteiger partial charge in [-0.2, -0.15) is 5.10 Å². The lowest BCUT2D eigenvalue weighted by atomic mass is 9.86. The van der Waals surface area contributed by atoms with Gasteiger partial charge in [-0.15, -0.1) is 0 Å². The summed E-state index contributed by atoms with van der Waals surface area (Å²) in [5.74, 6) is 0.752. The number of likely N-dealkylation sites (N-methyl/N-ethyl adjacent to an activating group) is 1. The molecule has 2 aromatic heterocycles. The van der Waals surface area contributed by atoms with Gasteiger partial charge in [0.25, 0.3) is 0 Å². The molecule has 0 aliphatic heterocycles. The van der Waals surface area contributed by atoms with E-state index in [2.05, 4.69) is 15.1 Å². The molecule has 1 amide bonds. The number of aliphatic imine (C=N–C) groups is 1. The highest BCUT2D eigenvalue weighted by molar-refractivity contribution is 6.08. The van der Waals surface area contributed by atoms with Crippen molar-refractivity contribution in [1.82, 2.24) is 19.5 Å². The number of allylic oxidation sites excluding steroid dienone is 1. The molecule has 29 heavy (non-hydrogen) atoms. The number of nitrogens with two attached hydrogens (primary N) is 1. The normalized spacial score (nSPS) is 21.9. The molecule has 2 saturated carbocycles. The van der Waals surface area contributed by atoms with Gasteiger partial charge in [-0.05, 0) is 43.2 Å². The molecule has 0 saturated heterocycles. The molecule has 2 fully saturated rings. The zero-order valence-electron chi connectivity index (χ0n) is 16.9. The highest BCUT2D eigenvalue weighted by Gasteiger charge is 2.25. The monoisotopic (exact) mass is 392 g/mol. The Labute approximate surface area is 171 Å². The van der Waals surface area contributed by atoms with E-state index in [0.717, 1.165) is 36.0 Å². The number of carbonyl (C=O) groups is 1. The molecule has 4 rings (SSSR count). The first-order valence-corrected chi connectivity index (χ1v) is 10.3. The van der Waals surface area contributed by atoms with E-state index in [1.54, 1.807) is 29.2 Å². The number of carbonyl (C=O) groups excluding carboxylic acids is 1. The van der Waals surface area contributed by atoms with Gasteiger partial charge in [-0.1, -0.05) is 12.8 Å². The summed E-state index contributed by atoms with van der Waals surface area (Å²) in [5.41, 5.74) is 9.27. The fraction of sp³-hybridized carbons (Fsp3) is 0.455. The summed E-state index contributed by atoms with van der Waals surface area (Å²) in [4.78, 5) is 23.5. The van der Waals surface area contributed by atoms with Crippen LogP contribution < -0.4 is 5.73 Å². The Morgan fingerprint density at radius 1 is 1.38 bits per heavy atom. The molecule has 1 unspecified atom stereocenters. The van der Waals surface area contributed by atoms with Crippen LogP contribution in [0, 0.1) is 5.92 Å². The van der Waals surface area contributed by atoms with E-state index in [-0.39, 0.29) is 11.9 Å². The zero-order valence-corrected chi connectivity index (χ0v) is 16.9. The molecular formula is C22H28N6O. The van der Waals surface area contributed by atoms with Gasteiger partial charge in [0.2, 0.25) is 5.91 Å². The predicted molar refractivity (Wildman–Crippen MR) is 114 cm³/mol. The summed E-state index contributed by atoms with van der Waals surface area (Å²) in [6, 6.07) is 1.94. The van der Waals surface area contributed by atoms with Crippen LogP contribution in [-0.4, -0.2) is 51.3 Å². The molecule has 2 aliphatic rings. The van der Waals surface area contributed by atoms with E-state index >= 15 is 0 Å². The van der Waals surface area contributed by atoms with E-state index < -0.39 is 0 Å². The van der Waals surface area contributed by atoms with Crippen LogP contribution >= 0.6 is 0 Å². The molecule has 7 nitrogen and oxygen atoms in total. The van der Waals surface area contributed by atoms with Crippen molar-refractivity contribution >= 4 is 23.2 Å². The fourth-order valence-electron chi connectivity index (χ4n) is 4.05. The van der Waals surface area contributed by atoms with Crippen molar-refractivity contribution < 1.29 is 4.79 Å². The summed E-state index contributed by atoms with van der Waals surface area (Å²) in [5, 5.41) is 4.23. The molecule has 0 aromatic carbocycles. The maximum absolute atomic E-state index is 12.5. The maximum Gasteiger partial charge on any atom is 0.246 e. The van der Waals surface area contributed by atoms with Gasteiger partial charge in [-0.3, -0.25) is 14.8 Å². The lowest BCUT2D eigenvalue weighted by Gasteiger charge is -2.27. The van der Waals surface area contributed by atoms with E-state index in [1.165, 1.54) is 31.9 Å². The molecule has 2 aliphatic carbocycles. The van der Waals surface area contributed by atoms with E-state index in [0.29, 0.717) is 11.6 Å². The van der Waals surface area contributed by atoms with Crippen LogP contribution in [0.2, 0.25) is 0 Å². The first kappa shape index (κ1) is 19.4. The number of rotatable bonds is 6. The number of nitrogens with zero attached hydrogens (tertiary/aromatic N) is 5. The first-order valence-electron chi connectivity index (χ1n) is 10.3. The molecule has 0 bridgehead atoms. The van der Waals surface area contributed by atoms with E-state index in [1.807, 2.05) is 24.2 Å². The number of fused-ring (bicyclic) bond motifs is 1. The number of aromatic nitrogens is 3. The van der Waals surface area contributed by atoms with Crippen molar-refractivity contribution in [1.29, 1.82) is 0 Å². The minimum absolute atomic E-state index is 0.0437. The van der Waals surface area contributed by atoms with E-state index in [4.69, 9.17) is 5.73 Å². The smallest absolute Gasteiger partial charge is 0.246 e. The van der Waals surface area contributed by atoms with Crippen LogP contribution in [0.5, 0.6) is 0 Å². The van der Waals surface area contributed by atoms with Crippen LogP contribution in [0.25, 0.3) is 11.1 Å². The van der Waals surface area contributed by atoms with Crippen molar-refractivity contribution in [2.24, 2.45) is 16.6 Å².